The van der Waals surface area contributed by atoms with Crippen LogP contribution in [-0.2, 0) is 22.6 Å². The lowest BCUT2D eigenvalue weighted by Crippen LogP contribution is -2.10. The summed E-state index contributed by atoms with van der Waals surface area (Å²) < 4.78 is 26.2. The second-order valence-electron chi connectivity index (χ2n) is 9.49. The summed E-state index contributed by atoms with van der Waals surface area (Å²) in [4.78, 5) is 22.7. The molecule has 8 heteroatoms. The number of hydrogen-bond acceptors (Lipinski definition) is 4. The normalized spacial score (nSPS) is 11.5. The van der Waals surface area contributed by atoms with Crippen molar-refractivity contribution in [2.75, 3.05) is 13.2 Å². The Morgan fingerprint density at radius 3 is 2.27 bits per heavy atom. The molecule has 0 atom stereocenters. The number of carbonyl (C=O) groups is 2. The topological polar surface area (TPSA) is 98.0 Å². The fourth-order valence-corrected chi connectivity index (χ4v) is 4.67. The van der Waals surface area contributed by atoms with Gasteiger partial charge in [0.25, 0.3) is 0 Å². The number of aromatic nitrogens is 1. The van der Waals surface area contributed by atoms with E-state index in [4.69, 9.17) is 14.6 Å². The number of aryl methyl sites for hydroxylation is 1. The van der Waals surface area contributed by atoms with Crippen LogP contribution in [0, 0.1) is 12.7 Å². The zero-order valence-corrected chi connectivity index (χ0v) is 22.8. The van der Waals surface area contributed by atoms with Crippen LogP contribution < -0.4 is 9.47 Å². The van der Waals surface area contributed by atoms with Crippen molar-refractivity contribution in [1.29, 1.82) is 0 Å². The van der Waals surface area contributed by atoms with Crippen LogP contribution in [0.25, 0.3) is 23.1 Å². The van der Waals surface area contributed by atoms with Crippen LogP contribution in [0.5, 0.6) is 11.5 Å². The van der Waals surface area contributed by atoms with Gasteiger partial charge in [0.05, 0.1) is 5.52 Å². The molecule has 4 aromatic rings. The van der Waals surface area contributed by atoms with Crippen LogP contribution in [-0.4, -0.2) is 39.9 Å². The molecule has 1 aromatic heterocycles. The van der Waals surface area contributed by atoms with E-state index in [-0.39, 0.29) is 18.8 Å². The zero-order valence-electron chi connectivity index (χ0n) is 22.8. The summed E-state index contributed by atoms with van der Waals surface area (Å²) >= 11 is 0. The first-order valence-electron chi connectivity index (χ1n) is 13.3. The Balaban J connectivity index is 1.41. The van der Waals surface area contributed by atoms with Crippen molar-refractivity contribution in [3.05, 3.63) is 107 Å². The first kappa shape index (κ1) is 29.1. The highest BCUT2D eigenvalue weighted by Crippen LogP contribution is 2.31. The van der Waals surface area contributed by atoms with Crippen LogP contribution in [0.2, 0.25) is 0 Å². The quantitative estimate of drug-likeness (QED) is 0.131. The highest BCUT2D eigenvalue weighted by atomic mass is 19.1. The lowest BCUT2D eigenvalue weighted by Gasteiger charge is -2.08. The smallest absolute Gasteiger partial charge is 0.323 e. The molecule has 41 heavy (non-hydrogen) atoms. The third-order valence-electron chi connectivity index (χ3n) is 6.61. The number of carboxylic acids is 2. The lowest BCUT2D eigenvalue weighted by molar-refractivity contribution is -0.138. The molecule has 0 bridgehead atoms. The van der Waals surface area contributed by atoms with Crippen molar-refractivity contribution in [3.63, 3.8) is 0 Å². The molecule has 0 fully saturated rings. The Kier molecular flexibility index (Phi) is 9.94. The van der Waals surface area contributed by atoms with Gasteiger partial charge in [0.15, 0.2) is 0 Å². The van der Waals surface area contributed by atoms with Gasteiger partial charge >= 0.3 is 11.9 Å². The summed E-state index contributed by atoms with van der Waals surface area (Å²) in [6.07, 6.45) is 8.66. The lowest BCUT2D eigenvalue weighted by atomic mass is 10.0. The largest absolute Gasteiger partial charge is 0.490 e. The molecule has 4 rings (SSSR count). The molecule has 0 aliphatic heterocycles. The van der Waals surface area contributed by atoms with E-state index in [1.165, 1.54) is 12.1 Å². The van der Waals surface area contributed by atoms with Crippen molar-refractivity contribution < 1.29 is 33.7 Å². The van der Waals surface area contributed by atoms with Gasteiger partial charge in [-0.3, -0.25) is 9.59 Å². The Morgan fingerprint density at radius 1 is 0.878 bits per heavy atom. The van der Waals surface area contributed by atoms with E-state index in [1.807, 2.05) is 73.7 Å². The third kappa shape index (κ3) is 8.08. The van der Waals surface area contributed by atoms with E-state index in [9.17, 15) is 19.1 Å². The van der Waals surface area contributed by atoms with E-state index in [2.05, 4.69) is 0 Å². The minimum atomic E-state index is -0.939. The molecule has 3 aromatic carbocycles. The summed E-state index contributed by atoms with van der Waals surface area (Å²) in [6, 6.07) is 19.4. The maximum Gasteiger partial charge on any atom is 0.323 e. The Bertz CT molecular complexity index is 1570. The van der Waals surface area contributed by atoms with Gasteiger partial charge in [-0.15, -0.1) is 0 Å². The van der Waals surface area contributed by atoms with Gasteiger partial charge in [0, 0.05) is 23.6 Å². The monoisotopic (exact) mass is 557 g/mol. The van der Waals surface area contributed by atoms with Crippen molar-refractivity contribution >= 4 is 35.0 Å². The SMILES string of the molecule is Cc1c(CCCC(=O)O)c2cccc(C=Cc3ccc(OCC=CCOc4cccc(F)c4)cc3)c2n1CC(=O)O. The molecule has 1 heterocycles. The van der Waals surface area contributed by atoms with Gasteiger partial charge in [0.1, 0.15) is 37.1 Å². The number of carboxylic acid groups (broad SMARTS) is 2. The second kappa shape index (κ2) is 14.0. The molecule has 0 spiro atoms. The Morgan fingerprint density at radius 2 is 1.59 bits per heavy atom. The standard InChI is InChI=1S/C33H32FNO6/c1-23-29(10-6-12-31(36)37)30-11-4-7-25(33(30)35(23)22-32(38)39)16-13-24-14-17-27(18-15-24)40-19-2-3-20-41-28-9-5-8-26(34)21-28/h2-5,7-9,11,13-18,21H,6,10,12,19-20,22H2,1H3,(H,36,37)(H,38,39). The van der Waals surface area contributed by atoms with Crippen molar-refractivity contribution in [2.45, 2.75) is 32.7 Å². The van der Waals surface area contributed by atoms with Crippen molar-refractivity contribution in [3.8, 4) is 11.5 Å². The van der Waals surface area contributed by atoms with Crippen LogP contribution in [0.4, 0.5) is 4.39 Å². The third-order valence-corrected chi connectivity index (χ3v) is 6.61. The van der Waals surface area contributed by atoms with Crippen LogP contribution in [0.1, 0.15) is 35.2 Å². The van der Waals surface area contributed by atoms with Gasteiger partial charge in [-0.2, -0.15) is 0 Å². The summed E-state index contributed by atoms with van der Waals surface area (Å²) in [5, 5.41) is 19.5. The van der Waals surface area contributed by atoms with E-state index in [0.717, 1.165) is 33.3 Å². The molecule has 0 radical (unpaired) electrons. The predicted molar refractivity (Wildman–Crippen MR) is 157 cm³/mol. The number of halogens is 1. The van der Waals surface area contributed by atoms with Crippen molar-refractivity contribution in [1.82, 2.24) is 4.57 Å². The number of rotatable bonds is 14. The number of hydrogen-bond donors (Lipinski definition) is 2. The maximum atomic E-state index is 13.2. The average Bonchev–Trinajstić information content (AvgIpc) is 3.20. The number of nitrogens with zero attached hydrogens (tertiary/aromatic N) is 1. The molecule has 0 saturated carbocycles. The van der Waals surface area contributed by atoms with Crippen LogP contribution >= 0.6 is 0 Å². The van der Waals surface area contributed by atoms with Gasteiger partial charge in [-0.1, -0.05) is 48.6 Å². The first-order chi connectivity index (χ1) is 19.8. The minimum absolute atomic E-state index is 0.0611. The molecular weight excluding hydrogens is 525 g/mol. The van der Waals surface area contributed by atoms with Crippen LogP contribution in [0.3, 0.4) is 0 Å². The average molecular weight is 558 g/mol. The first-order valence-corrected chi connectivity index (χ1v) is 13.3. The molecule has 2 N–H and O–H groups in total. The molecular formula is C33H32FNO6. The molecule has 0 aliphatic carbocycles. The number of benzene rings is 3. The maximum absolute atomic E-state index is 13.2. The summed E-state index contributed by atoms with van der Waals surface area (Å²) in [5.74, 6) is -0.952. The minimum Gasteiger partial charge on any atom is -0.490 e. The van der Waals surface area contributed by atoms with E-state index in [1.54, 1.807) is 16.7 Å². The molecule has 0 unspecified atom stereocenters. The van der Waals surface area contributed by atoms with Gasteiger partial charge in [-0.25, -0.2) is 4.39 Å². The van der Waals surface area contributed by atoms with Gasteiger partial charge in [-0.05, 0) is 72.9 Å². The summed E-state index contributed by atoms with van der Waals surface area (Å²) in [7, 11) is 0. The number of para-hydroxylation sites is 1. The molecule has 212 valence electrons. The molecule has 7 nitrogen and oxygen atoms in total. The molecule has 0 aliphatic rings. The highest BCUT2D eigenvalue weighted by Gasteiger charge is 2.18. The van der Waals surface area contributed by atoms with Crippen molar-refractivity contribution in [2.24, 2.45) is 0 Å². The van der Waals surface area contributed by atoms with Gasteiger partial charge < -0.3 is 24.3 Å². The van der Waals surface area contributed by atoms with Gasteiger partial charge in [0.2, 0.25) is 0 Å². The van der Waals surface area contributed by atoms with E-state index in [0.29, 0.717) is 37.6 Å². The number of fused-ring (bicyclic) bond motifs is 1. The number of ether oxygens (including phenoxy) is 2. The fraction of sp³-hybridized carbons (Fsp3) is 0.212. The Labute approximate surface area is 237 Å². The number of aliphatic carboxylic acids is 2. The van der Waals surface area contributed by atoms with Crippen LogP contribution in [0.15, 0.2) is 78.9 Å². The zero-order chi connectivity index (χ0) is 29.2. The highest BCUT2D eigenvalue weighted by molar-refractivity contribution is 5.95. The van der Waals surface area contributed by atoms with E-state index < -0.39 is 11.9 Å². The summed E-state index contributed by atoms with van der Waals surface area (Å²) in [5.41, 5.74) is 4.46. The predicted octanol–water partition coefficient (Wildman–Crippen LogP) is 6.77. The Hall–Kier alpha value is -4.85. The van der Waals surface area contributed by atoms with E-state index >= 15 is 0 Å². The second-order valence-corrected chi connectivity index (χ2v) is 9.49. The summed E-state index contributed by atoms with van der Waals surface area (Å²) in [6.45, 7) is 2.38. The molecule has 0 amide bonds. The molecule has 0 saturated heterocycles. The fourth-order valence-electron chi connectivity index (χ4n) is 4.67.